The quantitative estimate of drug-likeness (QED) is 0.800. The van der Waals surface area contributed by atoms with Crippen LogP contribution in [0.1, 0.15) is 41.5 Å². The second kappa shape index (κ2) is 4.26. The van der Waals surface area contributed by atoms with Crippen LogP contribution in [-0.2, 0) is 9.57 Å². The maximum Gasteiger partial charge on any atom is 0.0967 e. The third-order valence-electron chi connectivity index (χ3n) is 2.56. The van der Waals surface area contributed by atoms with E-state index < -0.39 is 5.60 Å². The molecule has 0 unspecified atom stereocenters. The molecule has 1 aliphatic rings. The molecule has 1 fully saturated rings. The third kappa shape index (κ3) is 3.42. The molecule has 0 spiro atoms. The SMILES string of the molecule is CC(C)(O)CON1C(C)(C)COCC1(C)C. The molecule has 4 nitrogen and oxygen atoms in total. The van der Waals surface area contributed by atoms with E-state index >= 15 is 0 Å². The molecular formula is C12H25NO3. The van der Waals surface area contributed by atoms with Gasteiger partial charge < -0.3 is 9.84 Å². The normalized spacial score (nSPS) is 25.7. The Bertz CT molecular complexity index is 227. The number of ether oxygens (including phenoxy) is 1. The maximum absolute atomic E-state index is 9.71. The van der Waals surface area contributed by atoms with E-state index in [0.29, 0.717) is 19.8 Å². The monoisotopic (exact) mass is 231 g/mol. The van der Waals surface area contributed by atoms with Gasteiger partial charge in [-0.3, -0.25) is 4.84 Å². The molecule has 1 heterocycles. The lowest BCUT2D eigenvalue weighted by Gasteiger charge is -2.51. The van der Waals surface area contributed by atoms with Gasteiger partial charge >= 0.3 is 0 Å². The second-order valence-corrected chi connectivity index (χ2v) is 6.50. The Morgan fingerprint density at radius 2 is 1.62 bits per heavy atom. The first-order valence-corrected chi connectivity index (χ1v) is 5.78. The number of aliphatic hydroxyl groups is 1. The fourth-order valence-corrected chi connectivity index (χ4v) is 2.06. The highest BCUT2D eigenvalue weighted by Gasteiger charge is 2.44. The molecule has 0 radical (unpaired) electrons. The molecule has 16 heavy (non-hydrogen) atoms. The molecule has 0 bridgehead atoms. The van der Waals surface area contributed by atoms with Crippen LogP contribution < -0.4 is 0 Å². The number of hydrogen-bond donors (Lipinski definition) is 1. The largest absolute Gasteiger partial charge is 0.388 e. The molecule has 0 aromatic heterocycles. The average Bonchev–Trinajstić information content (AvgIpc) is 1.97. The van der Waals surface area contributed by atoms with Crippen LogP contribution in [0, 0.1) is 0 Å². The summed E-state index contributed by atoms with van der Waals surface area (Å²) < 4.78 is 5.58. The molecule has 0 atom stereocenters. The standard InChI is InChI=1S/C12H25NO3/c1-10(2)7-15-8-11(3,4)13(10)16-9-12(5,6)14/h14H,7-9H2,1-6H3. The van der Waals surface area contributed by atoms with Gasteiger partial charge in [-0.25, -0.2) is 0 Å². The lowest BCUT2D eigenvalue weighted by molar-refractivity contribution is -0.320. The molecular weight excluding hydrogens is 206 g/mol. The van der Waals surface area contributed by atoms with Gasteiger partial charge in [0.1, 0.15) is 0 Å². The number of morpholine rings is 1. The van der Waals surface area contributed by atoms with Crippen LogP contribution >= 0.6 is 0 Å². The van der Waals surface area contributed by atoms with Crippen LogP contribution in [0.3, 0.4) is 0 Å². The summed E-state index contributed by atoms with van der Waals surface area (Å²) in [5, 5.41) is 11.7. The van der Waals surface area contributed by atoms with E-state index in [4.69, 9.17) is 9.57 Å². The molecule has 1 aliphatic heterocycles. The smallest absolute Gasteiger partial charge is 0.0967 e. The first kappa shape index (κ1) is 13.9. The highest BCUT2D eigenvalue weighted by Crippen LogP contribution is 2.31. The van der Waals surface area contributed by atoms with E-state index in [9.17, 15) is 5.11 Å². The zero-order chi connectivity index (χ0) is 12.6. The summed E-state index contributed by atoms with van der Waals surface area (Å²) in [5.74, 6) is 0. The zero-order valence-corrected chi connectivity index (χ0v) is 11.3. The molecule has 1 saturated heterocycles. The number of hydrogen-bond acceptors (Lipinski definition) is 4. The maximum atomic E-state index is 9.71. The van der Waals surface area contributed by atoms with E-state index in [2.05, 4.69) is 27.7 Å². The first-order valence-electron chi connectivity index (χ1n) is 5.78. The Morgan fingerprint density at radius 1 is 1.19 bits per heavy atom. The van der Waals surface area contributed by atoms with Crippen LogP contribution in [0.25, 0.3) is 0 Å². The first-order chi connectivity index (χ1) is 7.05. The summed E-state index contributed by atoms with van der Waals surface area (Å²) in [6.07, 6.45) is 0. The molecule has 0 amide bonds. The van der Waals surface area contributed by atoms with Gasteiger partial charge in [-0.15, -0.1) is 0 Å². The lowest BCUT2D eigenvalue weighted by Crippen LogP contribution is -2.63. The van der Waals surface area contributed by atoms with Crippen molar-refractivity contribution in [1.82, 2.24) is 5.06 Å². The molecule has 4 heteroatoms. The Kier molecular flexibility index (Phi) is 3.70. The minimum Gasteiger partial charge on any atom is -0.388 e. The Balaban J connectivity index is 2.72. The van der Waals surface area contributed by atoms with Crippen molar-refractivity contribution < 1.29 is 14.7 Å². The number of hydroxylamine groups is 2. The fraction of sp³-hybridized carbons (Fsp3) is 1.00. The second-order valence-electron chi connectivity index (χ2n) is 6.50. The van der Waals surface area contributed by atoms with Crippen LogP contribution in [0.4, 0.5) is 0 Å². The molecule has 0 aromatic carbocycles. The van der Waals surface area contributed by atoms with Crippen LogP contribution in [0.15, 0.2) is 0 Å². The summed E-state index contributed by atoms with van der Waals surface area (Å²) in [6.45, 7) is 13.4. The molecule has 96 valence electrons. The van der Waals surface area contributed by atoms with Crippen molar-refractivity contribution >= 4 is 0 Å². The Morgan fingerprint density at radius 3 is 2.00 bits per heavy atom. The minimum atomic E-state index is -0.815. The third-order valence-corrected chi connectivity index (χ3v) is 2.56. The minimum absolute atomic E-state index is 0.174. The molecule has 1 N–H and O–H groups in total. The van der Waals surface area contributed by atoms with Crippen molar-refractivity contribution in [3.8, 4) is 0 Å². The Hall–Kier alpha value is -0.160. The highest BCUT2D eigenvalue weighted by atomic mass is 16.7. The predicted molar refractivity (Wildman–Crippen MR) is 63.1 cm³/mol. The molecule has 0 aromatic rings. The van der Waals surface area contributed by atoms with Gasteiger partial charge in [-0.2, -0.15) is 5.06 Å². The van der Waals surface area contributed by atoms with Gasteiger partial charge in [0.2, 0.25) is 0 Å². The summed E-state index contributed by atoms with van der Waals surface area (Å²) in [7, 11) is 0. The molecule has 0 saturated carbocycles. The number of rotatable bonds is 3. The van der Waals surface area contributed by atoms with Crippen LogP contribution in [0.2, 0.25) is 0 Å². The van der Waals surface area contributed by atoms with E-state index in [-0.39, 0.29) is 11.1 Å². The molecule has 0 aliphatic carbocycles. The van der Waals surface area contributed by atoms with Crippen molar-refractivity contribution in [2.45, 2.75) is 58.2 Å². The number of nitrogens with zero attached hydrogens (tertiary/aromatic N) is 1. The van der Waals surface area contributed by atoms with Crippen molar-refractivity contribution in [3.05, 3.63) is 0 Å². The van der Waals surface area contributed by atoms with Gasteiger partial charge in [0, 0.05) is 0 Å². The van der Waals surface area contributed by atoms with E-state index in [1.807, 2.05) is 5.06 Å². The topological polar surface area (TPSA) is 41.9 Å². The van der Waals surface area contributed by atoms with E-state index in [1.165, 1.54) is 0 Å². The van der Waals surface area contributed by atoms with Crippen molar-refractivity contribution in [2.75, 3.05) is 19.8 Å². The van der Waals surface area contributed by atoms with Gasteiger partial charge in [0.25, 0.3) is 0 Å². The summed E-state index contributed by atoms with van der Waals surface area (Å²) in [6, 6.07) is 0. The summed E-state index contributed by atoms with van der Waals surface area (Å²) in [5.41, 5.74) is -1.16. The lowest BCUT2D eigenvalue weighted by atomic mass is 9.95. The predicted octanol–water partition coefficient (Wildman–Crippen LogP) is 1.58. The van der Waals surface area contributed by atoms with E-state index in [0.717, 1.165) is 0 Å². The van der Waals surface area contributed by atoms with Crippen LogP contribution in [0.5, 0.6) is 0 Å². The van der Waals surface area contributed by atoms with Crippen molar-refractivity contribution in [1.29, 1.82) is 0 Å². The fourth-order valence-electron chi connectivity index (χ4n) is 2.06. The Labute approximate surface area is 98.5 Å². The zero-order valence-electron chi connectivity index (χ0n) is 11.3. The van der Waals surface area contributed by atoms with E-state index in [1.54, 1.807) is 13.8 Å². The van der Waals surface area contributed by atoms with Gasteiger partial charge in [0.05, 0.1) is 36.5 Å². The highest BCUT2D eigenvalue weighted by molar-refractivity contribution is 4.91. The molecule has 1 rings (SSSR count). The van der Waals surface area contributed by atoms with Gasteiger partial charge in [-0.05, 0) is 41.5 Å². The summed E-state index contributed by atoms with van der Waals surface area (Å²) >= 11 is 0. The summed E-state index contributed by atoms with van der Waals surface area (Å²) in [4.78, 5) is 5.78. The van der Waals surface area contributed by atoms with Gasteiger partial charge in [-0.1, -0.05) is 0 Å². The van der Waals surface area contributed by atoms with Crippen molar-refractivity contribution in [3.63, 3.8) is 0 Å². The van der Waals surface area contributed by atoms with Crippen molar-refractivity contribution in [2.24, 2.45) is 0 Å². The average molecular weight is 231 g/mol. The van der Waals surface area contributed by atoms with Crippen LogP contribution in [-0.4, -0.2) is 46.7 Å². The van der Waals surface area contributed by atoms with Gasteiger partial charge in [0.15, 0.2) is 0 Å².